The number of rotatable bonds is 6. The van der Waals surface area contributed by atoms with Gasteiger partial charge in [0.2, 0.25) is 0 Å². The van der Waals surface area contributed by atoms with Crippen LogP contribution in [0.3, 0.4) is 0 Å². The predicted octanol–water partition coefficient (Wildman–Crippen LogP) is 3.42. The minimum Gasteiger partial charge on any atom is -0.362 e. The molecular weight excluding hydrogens is 250 g/mol. The van der Waals surface area contributed by atoms with Gasteiger partial charge in [0.05, 0.1) is 0 Å². The van der Waals surface area contributed by atoms with E-state index < -0.39 is 0 Å². The Labute approximate surface area is 121 Å². The van der Waals surface area contributed by atoms with E-state index >= 15 is 0 Å². The average molecular weight is 277 g/mol. The van der Waals surface area contributed by atoms with Crippen molar-refractivity contribution in [3.63, 3.8) is 0 Å². The van der Waals surface area contributed by atoms with Gasteiger partial charge in [-0.3, -0.25) is 4.79 Å². The molecule has 4 heteroatoms. The van der Waals surface area contributed by atoms with Crippen molar-refractivity contribution in [2.75, 3.05) is 5.32 Å². The summed E-state index contributed by atoms with van der Waals surface area (Å²) in [6.45, 7) is 5.03. The molecule has 112 valence electrons. The van der Waals surface area contributed by atoms with E-state index in [9.17, 15) is 4.79 Å². The van der Waals surface area contributed by atoms with Gasteiger partial charge in [0.25, 0.3) is 5.56 Å². The Kier molecular flexibility index (Phi) is 5.62. The summed E-state index contributed by atoms with van der Waals surface area (Å²) in [7, 11) is 0. The van der Waals surface area contributed by atoms with Crippen LogP contribution in [0.1, 0.15) is 58.8 Å². The van der Waals surface area contributed by atoms with Crippen LogP contribution in [0.4, 0.5) is 5.82 Å². The third-order valence-corrected chi connectivity index (χ3v) is 4.36. The Morgan fingerprint density at radius 3 is 2.75 bits per heavy atom. The van der Waals surface area contributed by atoms with Crippen LogP contribution >= 0.6 is 0 Å². The highest BCUT2D eigenvalue weighted by atomic mass is 16.1. The molecule has 1 aromatic rings. The SMILES string of the molecule is CCCn1ccnc(NC(CC)C2CCCCC2)c1=O. The smallest absolute Gasteiger partial charge is 0.293 e. The normalized spacial score (nSPS) is 17.9. The van der Waals surface area contributed by atoms with Gasteiger partial charge in [-0.2, -0.15) is 0 Å². The monoisotopic (exact) mass is 277 g/mol. The number of aryl methyl sites for hydroxylation is 1. The molecule has 1 heterocycles. The van der Waals surface area contributed by atoms with Crippen LogP contribution in [-0.2, 0) is 6.54 Å². The van der Waals surface area contributed by atoms with Gasteiger partial charge in [-0.1, -0.05) is 33.1 Å². The minimum atomic E-state index is 0.0172. The molecule has 20 heavy (non-hydrogen) atoms. The van der Waals surface area contributed by atoms with Crippen molar-refractivity contribution in [2.24, 2.45) is 5.92 Å². The van der Waals surface area contributed by atoms with Crippen LogP contribution < -0.4 is 10.9 Å². The number of nitrogens with zero attached hydrogens (tertiary/aromatic N) is 2. The summed E-state index contributed by atoms with van der Waals surface area (Å²) in [5, 5.41) is 3.42. The Morgan fingerprint density at radius 2 is 2.10 bits per heavy atom. The highest BCUT2D eigenvalue weighted by molar-refractivity contribution is 5.32. The summed E-state index contributed by atoms with van der Waals surface area (Å²) in [4.78, 5) is 16.6. The Hall–Kier alpha value is -1.32. The van der Waals surface area contributed by atoms with E-state index in [4.69, 9.17) is 0 Å². The summed E-state index contributed by atoms with van der Waals surface area (Å²) >= 11 is 0. The summed E-state index contributed by atoms with van der Waals surface area (Å²) < 4.78 is 1.75. The van der Waals surface area contributed by atoms with Crippen LogP contribution in [0.15, 0.2) is 17.2 Å². The van der Waals surface area contributed by atoms with Gasteiger partial charge in [0.1, 0.15) is 0 Å². The fourth-order valence-corrected chi connectivity index (χ4v) is 3.23. The number of aromatic nitrogens is 2. The van der Waals surface area contributed by atoms with Crippen molar-refractivity contribution < 1.29 is 0 Å². The lowest BCUT2D eigenvalue weighted by Gasteiger charge is -2.30. The van der Waals surface area contributed by atoms with E-state index in [0.29, 0.717) is 17.8 Å². The Morgan fingerprint density at radius 1 is 1.35 bits per heavy atom. The molecule has 4 nitrogen and oxygen atoms in total. The Balaban J connectivity index is 2.10. The highest BCUT2D eigenvalue weighted by Gasteiger charge is 2.23. The van der Waals surface area contributed by atoms with E-state index in [-0.39, 0.29) is 5.56 Å². The van der Waals surface area contributed by atoms with Crippen molar-refractivity contribution in [1.82, 2.24) is 9.55 Å². The number of hydrogen-bond donors (Lipinski definition) is 1. The molecule has 1 saturated carbocycles. The first-order valence-electron chi connectivity index (χ1n) is 8.08. The molecule has 0 aromatic carbocycles. The average Bonchev–Trinajstić information content (AvgIpc) is 2.49. The summed E-state index contributed by atoms with van der Waals surface area (Å²) in [5.74, 6) is 1.22. The van der Waals surface area contributed by atoms with Crippen LogP contribution in [-0.4, -0.2) is 15.6 Å². The zero-order valence-electron chi connectivity index (χ0n) is 12.8. The van der Waals surface area contributed by atoms with Gasteiger partial charge in [0, 0.05) is 25.0 Å². The molecular formula is C16H27N3O. The molecule has 1 aliphatic carbocycles. The van der Waals surface area contributed by atoms with Crippen molar-refractivity contribution in [3.05, 3.63) is 22.7 Å². The maximum Gasteiger partial charge on any atom is 0.293 e. The molecule has 0 amide bonds. The quantitative estimate of drug-likeness (QED) is 0.866. The zero-order valence-corrected chi connectivity index (χ0v) is 12.8. The number of anilines is 1. The minimum absolute atomic E-state index is 0.0172. The van der Waals surface area contributed by atoms with Gasteiger partial charge in [0.15, 0.2) is 5.82 Å². The van der Waals surface area contributed by atoms with Gasteiger partial charge in [-0.05, 0) is 31.6 Å². The largest absolute Gasteiger partial charge is 0.362 e. The Bertz CT molecular complexity index is 463. The maximum atomic E-state index is 12.3. The van der Waals surface area contributed by atoms with Crippen molar-refractivity contribution in [3.8, 4) is 0 Å². The van der Waals surface area contributed by atoms with E-state index in [1.165, 1.54) is 32.1 Å². The second-order valence-electron chi connectivity index (χ2n) is 5.83. The van der Waals surface area contributed by atoms with Crippen LogP contribution in [0, 0.1) is 5.92 Å². The lowest BCUT2D eigenvalue weighted by atomic mass is 9.83. The zero-order chi connectivity index (χ0) is 14.4. The fraction of sp³-hybridized carbons (Fsp3) is 0.750. The third-order valence-electron chi connectivity index (χ3n) is 4.36. The summed E-state index contributed by atoms with van der Waals surface area (Å²) in [6, 6.07) is 0.382. The molecule has 1 aromatic heterocycles. The van der Waals surface area contributed by atoms with Crippen molar-refractivity contribution in [2.45, 2.75) is 71.4 Å². The van der Waals surface area contributed by atoms with E-state index in [1.807, 2.05) is 0 Å². The number of nitrogens with one attached hydrogen (secondary N) is 1. The second kappa shape index (κ2) is 7.46. The number of hydrogen-bond acceptors (Lipinski definition) is 3. The predicted molar refractivity (Wildman–Crippen MR) is 83.1 cm³/mol. The van der Waals surface area contributed by atoms with Gasteiger partial charge in [-0.25, -0.2) is 4.98 Å². The lowest BCUT2D eigenvalue weighted by molar-refractivity contribution is 0.312. The molecule has 1 unspecified atom stereocenters. The van der Waals surface area contributed by atoms with E-state index in [2.05, 4.69) is 24.1 Å². The van der Waals surface area contributed by atoms with Crippen LogP contribution in [0.2, 0.25) is 0 Å². The van der Waals surface area contributed by atoms with E-state index in [0.717, 1.165) is 19.4 Å². The van der Waals surface area contributed by atoms with Gasteiger partial charge in [-0.15, -0.1) is 0 Å². The topological polar surface area (TPSA) is 46.9 Å². The first-order valence-corrected chi connectivity index (χ1v) is 8.08. The first kappa shape index (κ1) is 15.1. The van der Waals surface area contributed by atoms with E-state index in [1.54, 1.807) is 17.0 Å². The van der Waals surface area contributed by atoms with Crippen molar-refractivity contribution >= 4 is 5.82 Å². The molecule has 0 radical (unpaired) electrons. The molecule has 2 rings (SSSR count). The molecule has 1 N–H and O–H groups in total. The summed E-state index contributed by atoms with van der Waals surface area (Å²) in [5.41, 5.74) is 0.0172. The van der Waals surface area contributed by atoms with Gasteiger partial charge >= 0.3 is 0 Å². The van der Waals surface area contributed by atoms with Crippen LogP contribution in [0.25, 0.3) is 0 Å². The molecule has 0 saturated heterocycles. The molecule has 0 bridgehead atoms. The first-order chi connectivity index (χ1) is 9.76. The second-order valence-corrected chi connectivity index (χ2v) is 5.83. The third kappa shape index (κ3) is 3.62. The van der Waals surface area contributed by atoms with Crippen molar-refractivity contribution in [1.29, 1.82) is 0 Å². The molecule has 1 aliphatic rings. The van der Waals surface area contributed by atoms with Gasteiger partial charge < -0.3 is 9.88 Å². The molecule has 1 fully saturated rings. The summed E-state index contributed by atoms with van der Waals surface area (Å²) in [6.07, 6.45) is 12.1. The molecule has 0 aliphatic heterocycles. The molecule has 1 atom stereocenters. The lowest BCUT2D eigenvalue weighted by Crippen LogP contribution is -2.34. The maximum absolute atomic E-state index is 12.3. The molecule has 0 spiro atoms. The standard InChI is InChI=1S/C16H27N3O/c1-3-11-19-12-10-17-15(16(19)20)18-14(4-2)13-8-6-5-7-9-13/h10,12-14H,3-9,11H2,1-2H3,(H,17,18). The highest BCUT2D eigenvalue weighted by Crippen LogP contribution is 2.28. The fourth-order valence-electron chi connectivity index (χ4n) is 3.23. The van der Waals surface area contributed by atoms with Crippen LogP contribution in [0.5, 0.6) is 0 Å².